The predicted octanol–water partition coefficient (Wildman–Crippen LogP) is 2.56. The molecule has 0 saturated heterocycles. The Kier molecular flexibility index (Phi) is 5.20. The molecule has 116 valence electrons. The van der Waals surface area contributed by atoms with Crippen LogP contribution in [-0.2, 0) is 0 Å². The fourth-order valence-electron chi connectivity index (χ4n) is 2.22. The van der Waals surface area contributed by atoms with E-state index in [4.69, 9.17) is 0 Å². The molecule has 4 N–H and O–H groups in total. The van der Waals surface area contributed by atoms with E-state index in [1.165, 1.54) is 12.1 Å². The zero-order valence-electron chi connectivity index (χ0n) is 12.3. The molecule has 0 bridgehead atoms. The number of hydrogen-bond acceptors (Lipinski definition) is 4. The Bertz CT molecular complexity index is 647. The highest BCUT2D eigenvalue weighted by atomic mass is 16.3. The molecule has 0 unspecified atom stereocenters. The molecule has 0 aliphatic heterocycles. The van der Waals surface area contributed by atoms with Crippen LogP contribution in [0, 0.1) is 6.92 Å². The molecule has 0 saturated carbocycles. The second-order valence-electron chi connectivity index (χ2n) is 5.29. The fourth-order valence-corrected chi connectivity index (χ4v) is 2.22. The minimum atomic E-state index is -0.995. The first-order valence-electron chi connectivity index (χ1n) is 7.07. The van der Waals surface area contributed by atoms with Gasteiger partial charge >= 0.3 is 0 Å². The maximum Gasteiger partial charge on any atom is 0.157 e. The third-order valence-corrected chi connectivity index (χ3v) is 3.56. The van der Waals surface area contributed by atoms with E-state index in [1.807, 2.05) is 37.3 Å². The van der Waals surface area contributed by atoms with Gasteiger partial charge in [0.2, 0.25) is 0 Å². The quantitative estimate of drug-likeness (QED) is 0.640. The van der Waals surface area contributed by atoms with E-state index in [0.717, 1.165) is 11.1 Å². The molecule has 0 heterocycles. The molecule has 4 heteroatoms. The highest BCUT2D eigenvalue weighted by Crippen LogP contribution is 2.31. The lowest BCUT2D eigenvalue weighted by molar-refractivity contribution is 0.0842. The fraction of sp³-hybridized carbons (Fsp3) is 0.222. The van der Waals surface area contributed by atoms with Crippen LogP contribution in [0.3, 0.4) is 0 Å². The Morgan fingerprint density at radius 1 is 1.00 bits per heavy atom. The van der Waals surface area contributed by atoms with E-state index in [9.17, 15) is 20.4 Å². The van der Waals surface area contributed by atoms with Gasteiger partial charge in [0.15, 0.2) is 11.5 Å². The number of aromatic hydroxyl groups is 2. The number of phenols is 2. The Morgan fingerprint density at radius 3 is 2.27 bits per heavy atom. The van der Waals surface area contributed by atoms with Gasteiger partial charge in [-0.25, -0.2) is 0 Å². The third-order valence-electron chi connectivity index (χ3n) is 3.56. The summed E-state index contributed by atoms with van der Waals surface area (Å²) in [6, 6.07) is 12.3. The molecule has 0 amide bonds. The Hall–Kier alpha value is -2.30. The zero-order valence-corrected chi connectivity index (χ0v) is 12.3. The lowest BCUT2D eigenvalue weighted by atomic mass is 9.92. The maximum atomic E-state index is 10.0. The molecule has 4 nitrogen and oxygen atoms in total. The zero-order chi connectivity index (χ0) is 16.1. The minimum Gasteiger partial charge on any atom is -0.504 e. The topological polar surface area (TPSA) is 80.9 Å². The van der Waals surface area contributed by atoms with Gasteiger partial charge in [-0.15, -0.1) is 0 Å². The highest BCUT2D eigenvalue weighted by molar-refractivity contribution is 5.52. The van der Waals surface area contributed by atoms with Crippen molar-refractivity contribution in [3.63, 3.8) is 0 Å². The molecule has 2 aromatic carbocycles. The summed E-state index contributed by atoms with van der Waals surface area (Å²) in [5.74, 6) is -0.960. The first kappa shape index (κ1) is 16.1. The molecular weight excluding hydrogens is 280 g/mol. The standard InChI is InChI=1S/C18H20O4/c1-12-2-4-13(5-3-12)6-8-15(18(22)11-19)14-7-9-16(20)17(21)10-14/h2-10,15,18-22H,11H2,1H3/b8-6+/t15-,18+/m0/s1. The van der Waals surface area contributed by atoms with Crippen LogP contribution in [0.1, 0.15) is 22.6 Å². The van der Waals surface area contributed by atoms with Crippen molar-refractivity contribution in [3.05, 3.63) is 65.2 Å². The van der Waals surface area contributed by atoms with Crippen LogP contribution < -0.4 is 0 Å². The Labute approximate surface area is 129 Å². The summed E-state index contributed by atoms with van der Waals surface area (Å²) in [4.78, 5) is 0. The second-order valence-corrected chi connectivity index (χ2v) is 5.29. The summed E-state index contributed by atoms with van der Waals surface area (Å²) >= 11 is 0. The Morgan fingerprint density at radius 2 is 1.68 bits per heavy atom. The number of aliphatic hydroxyl groups is 2. The number of hydrogen-bond donors (Lipinski definition) is 4. The molecule has 0 aliphatic rings. The minimum absolute atomic E-state index is 0.219. The van der Waals surface area contributed by atoms with E-state index >= 15 is 0 Å². The smallest absolute Gasteiger partial charge is 0.157 e. The summed E-state index contributed by atoms with van der Waals surface area (Å²) in [5, 5.41) is 38.2. The van der Waals surface area contributed by atoms with Gasteiger partial charge in [-0.05, 0) is 30.2 Å². The van der Waals surface area contributed by atoms with Crippen LogP contribution in [0.15, 0.2) is 48.5 Å². The van der Waals surface area contributed by atoms with Crippen molar-refractivity contribution >= 4 is 6.08 Å². The first-order chi connectivity index (χ1) is 10.5. The second kappa shape index (κ2) is 7.11. The summed E-state index contributed by atoms with van der Waals surface area (Å²) in [5.41, 5.74) is 2.75. The van der Waals surface area contributed by atoms with Gasteiger partial charge in [-0.2, -0.15) is 0 Å². The van der Waals surface area contributed by atoms with Gasteiger partial charge in [0.1, 0.15) is 0 Å². The summed E-state index contributed by atoms with van der Waals surface area (Å²) in [6.45, 7) is 1.61. The van der Waals surface area contributed by atoms with Gasteiger partial charge in [0.05, 0.1) is 12.7 Å². The number of benzene rings is 2. The van der Waals surface area contributed by atoms with Crippen molar-refractivity contribution in [2.24, 2.45) is 0 Å². The van der Waals surface area contributed by atoms with Crippen molar-refractivity contribution in [3.8, 4) is 11.5 Å². The molecule has 2 aromatic rings. The number of rotatable bonds is 5. The lowest BCUT2D eigenvalue weighted by Gasteiger charge is -2.19. The number of phenolic OH excluding ortho intramolecular Hbond substituents is 2. The number of aliphatic hydroxyl groups excluding tert-OH is 2. The molecule has 0 fully saturated rings. The monoisotopic (exact) mass is 300 g/mol. The predicted molar refractivity (Wildman–Crippen MR) is 85.8 cm³/mol. The molecule has 0 spiro atoms. The van der Waals surface area contributed by atoms with Gasteiger partial charge in [-0.3, -0.25) is 0 Å². The van der Waals surface area contributed by atoms with Crippen molar-refractivity contribution < 1.29 is 20.4 Å². The van der Waals surface area contributed by atoms with Crippen LogP contribution >= 0.6 is 0 Å². The van der Waals surface area contributed by atoms with E-state index in [-0.39, 0.29) is 11.5 Å². The molecule has 0 aliphatic carbocycles. The van der Waals surface area contributed by atoms with Crippen molar-refractivity contribution in [2.75, 3.05) is 6.61 Å². The third kappa shape index (κ3) is 3.87. The largest absolute Gasteiger partial charge is 0.504 e. The van der Waals surface area contributed by atoms with Crippen molar-refractivity contribution in [1.82, 2.24) is 0 Å². The van der Waals surface area contributed by atoms with Crippen LogP contribution in [0.2, 0.25) is 0 Å². The highest BCUT2D eigenvalue weighted by Gasteiger charge is 2.19. The summed E-state index contributed by atoms with van der Waals surface area (Å²) in [7, 11) is 0. The van der Waals surface area contributed by atoms with Crippen LogP contribution in [0.4, 0.5) is 0 Å². The normalized spacial score (nSPS) is 14.1. The van der Waals surface area contributed by atoms with E-state index in [2.05, 4.69) is 0 Å². The average molecular weight is 300 g/mol. The van der Waals surface area contributed by atoms with E-state index in [1.54, 1.807) is 12.1 Å². The van der Waals surface area contributed by atoms with Crippen LogP contribution in [-0.4, -0.2) is 33.1 Å². The average Bonchev–Trinajstić information content (AvgIpc) is 2.52. The maximum absolute atomic E-state index is 10.0. The number of aryl methyl sites for hydroxylation is 1. The summed E-state index contributed by atoms with van der Waals surface area (Å²) in [6.07, 6.45) is 2.63. The first-order valence-corrected chi connectivity index (χ1v) is 7.07. The van der Waals surface area contributed by atoms with Gasteiger partial charge in [0, 0.05) is 5.92 Å². The van der Waals surface area contributed by atoms with Crippen molar-refractivity contribution in [1.29, 1.82) is 0 Å². The van der Waals surface area contributed by atoms with Crippen molar-refractivity contribution in [2.45, 2.75) is 18.9 Å². The van der Waals surface area contributed by atoms with E-state index < -0.39 is 18.6 Å². The molecular formula is C18H20O4. The van der Waals surface area contributed by atoms with Crippen LogP contribution in [0.5, 0.6) is 11.5 Å². The lowest BCUT2D eigenvalue weighted by Crippen LogP contribution is -2.20. The molecule has 2 rings (SSSR count). The van der Waals surface area contributed by atoms with Gasteiger partial charge in [0.25, 0.3) is 0 Å². The van der Waals surface area contributed by atoms with Gasteiger partial charge in [-0.1, -0.05) is 48.0 Å². The van der Waals surface area contributed by atoms with E-state index in [0.29, 0.717) is 5.56 Å². The molecule has 22 heavy (non-hydrogen) atoms. The van der Waals surface area contributed by atoms with Gasteiger partial charge < -0.3 is 20.4 Å². The summed E-state index contributed by atoms with van der Waals surface area (Å²) < 4.78 is 0. The molecule has 2 atom stereocenters. The SMILES string of the molecule is Cc1ccc(/C=C/[C@@H](c2ccc(O)c(O)c2)[C@H](O)CO)cc1. The molecule has 0 aromatic heterocycles. The Balaban J connectivity index is 2.29. The van der Waals surface area contributed by atoms with Crippen LogP contribution in [0.25, 0.3) is 6.08 Å². The molecule has 0 radical (unpaired) electrons.